The van der Waals surface area contributed by atoms with Crippen LogP contribution in [0.15, 0.2) is 0 Å². The molecule has 0 rings (SSSR count). The Hall–Kier alpha value is -0.160. The highest BCUT2D eigenvalue weighted by Gasteiger charge is 2.06. The number of aliphatic hydroxyl groups excluding tert-OH is 1. The Kier molecular flexibility index (Phi) is 8.70. The molecule has 0 spiro atoms. The molecular formula is C6H18N2O2. The van der Waals surface area contributed by atoms with Crippen LogP contribution in [0.3, 0.4) is 0 Å². The summed E-state index contributed by atoms with van der Waals surface area (Å²) in [6.07, 6.45) is 0.604. The van der Waals surface area contributed by atoms with Gasteiger partial charge in [-0.25, -0.2) is 0 Å². The van der Waals surface area contributed by atoms with Crippen LogP contribution in [0.4, 0.5) is 0 Å². The molecule has 64 valence electrons. The molecule has 6 N–H and O–H groups in total. The molecule has 10 heavy (non-hydrogen) atoms. The summed E-state index contributed by atoms with van der Waals surface area (Å²) in [4.78, 5) is 0. The molecule has 0 radical (unpaired) electrons. The van der Waals surface area contributed by atoms with Crippen LogP contribution in [0.1, 0.15) is 20.3 Å². The molecule has 1 atom stereocenters. The van der Waals surface area contributed by atoms with Crippen molar-refractivity contribution < 1.29 is 10.2 Å². The highest BCUT2D eigenvalue weighted by Crippen LogP contribution is 1.94. The Morgan fingerprint density at radius 2 is 1.70 bits per heavy atom. The van der Waals surface area contributed by atoms with E-state index in [-0.39, 0.29) is 6.61 Å². The van der Waals surface area contributed by atoms with Crippen LogP contribution in [0.2, 0.25) is 0 Å². The maximum atomic E-state index is 8.60. The van der Waals surface area contributed by atoms with Gasteiger partial charge in [0.05, 0.1) is 6.61 Å². The van der Waals surface area contributed by atoms with E-state index in [0.717, 1.165) is 0 Å². The van der Waals surface area contributed by atoms with Gasteiger partial charge in [0.25, 0.3) is 0 Å². The summed E-state index contributed by atoms with van der Waals surface area (Å²) in [5.41, 5.74) is 8.91. The summed E-state index contributed by atoms with van der Waals surface area (Å²) in [6.45, 7) is 3.88. The van der Waals surface area contributed by atoms with Gasteiger partial charge in [0.15, 0.2) is 0 Å². The van der Waals surface area contributed by atoms with Crippen LogP contribution in [-0.4, -0.2) is 29.1 Å². The molecule has 0 aliphatic heterocycles. The predicted octanol–water partition coefficient (Wildman–Crippen LogP) is -0.999. The van der Waals surface area contributed by atoms with Gasteiger partial charge in [-0.05, 0) is 13.3 Å². The molecule has 4 heteroatoms. The lowest BCUT2D eigenvalue weighted by atomic mass is 10.2. The van der Waals surface area contributed by atoms with Gasteiger partial charge in [-0.1, -0.05) is 6.92 Å². The molecule has 4 nitrogen and oxygen atoms in total. The van der Waals surface area contributed by atoms with E-state index < -0.39 is 5.72 Å². The van der Waals surface area contributed by atoms with Gasteiger partial charge >= 0.3 is 0 Å². The van der Waals surface area contributed by atoms with Gasteiger partial charge in [0, 0.05) is 6.54 Å². The second-order valence-corrected chi connectivity index (χ2v) is 2.22. The summed E-state index contributed by atoms with van der Waals surface area (Å²) >= 11 is 0. The normalized spacial score (nSPS) is 15.0. The number of hydrogen-bond acceptors (Lipinski definition) is 4. The number of aliphatic hydroxyl groups is 2. The lowest BCUT2D eigenvalue weighted by molar-refractivity contribution is 0.0632. The van der Waals surface area contributed by atoms with E-state index in [1.165, 1.54) is 0 Å². The highest BCUT2D eigenvalue weighted by atomic mass is 16.3. The second kappa shape index (κ2) is 6.95. The summed E-state index contributed by atoms with van der Waals surface area (Å²) in [7, 11) is 0. The molecule has 0 aromatic rings. The Labute approximate surface area is 61.8 Å². The first-order chi connectivity index (χ1) is 4.47. The Bertz CT molecular complexity index is 59.3. The fourth-order valence-electron chi connectivity index (χ4n) is 0. The predicted molar refractivity (Wildman–Crippen MR) is 41.2 cm³/mol. The first-order valence-electron chi connectivity index (χ1n) is 3.30. The summed E-state index contributed by atoms with van der Waals surface area (Å²) < 4.78 is 0. The van der Waals surface area contributed by atoms with Crippen molar-refractivity contribution in [3.63, 3.8) is 0 Å². The van der Waals surface area contributed by atoms with E-state index >= 15 is 0 Å². The standard InChI is InChI=1S/C4H11NO.C2H7NO/c1-3-4(2,5)6;3-1-2-4/h6H,3,5H2,1-2H3;4H,1-3H2. The third-order valence-corrected chi connectivity index (χ3v) is 0.845. The molecule has 0 aliphatic rings. The van der Waals surface area contributed by atoms with E-state index in [4.69, 9.17) is 21.7 Å². The van der Waals surface area contributed by atoms with E-state index in [9.17, 15) is 0 Å². The van der Waals surface area contributed by atoms with Crippen LogP contribution in [-0.2, 0) is 0 Å². The minimum atomic E-state index is -0.958. The zero-order valence-corrected chi connectivity index (χ0v) is 6.67. The van der Waals surface area contributed by atoms with Crippen LogP contribution in [0.5, 0.6) is 0 Å². The molecule has 0 aromatic carbocycles. The lowest BCUT2D eigenvalue weighted by Crippen LogP contribution is -2.34. The molecule has 0 aliphatic carbocycles. The minimum absolute atomic E-state index is 0.0972. The van der Waals surface area contributed by atoms with Crippen molar-refractivity contribution in [2.45, 2.75) is 26.0 Å². The summed E-state index contributed by atoms with van der Waals surface area (Å²) in [5.74, 6) is 0. The monoisotopic (exact) mass is 150 g/mol. The third-order valence-electron chi connectivity index (χ3n) is 0.845. The molecule has 0 bridgehead atoms. The van der Waals surface area contributed by atoms with Gasteiger partial charge in [0.1, 0.15) is 5.72 Å². The van der Waals surface area contributed by atoms with E-state index in [2.05, 4.69) is 0 Å². The van der Waals surface area contributed by atoms with Crippen LogP contribution in [0.25, 0.3) is 0 Å². The zero-order chi connectivity index (χ0) is 8.62. The number of nitrogens with two attached hydrogens (primary N) is 2. The highest BCUT2D eigenvalue weighted by molar-refractivity contribution is 4.56. The van der Waals surface area contributed by atoms with E-state index in [1.807, 2.05) is 6.92 Å². The van der Waals surface area contributed by atoms with Gasteiger partial charge in [-0.15, -0.1) is 0 Å². The van der Waals surface area contributed by atoms with Gasteiger partial charge in [-0.2, -0.15) is 0 Å². The molecule has 1 unspecified atom stereocenters. The van der Waals surface area contributed by atoms with Crippen LogP contribution >= 0.6 is 0 Å². The van der Waals surface area contributed by atoms with Crippen molar-refractivity contribution in [1.29, 1.82) is 0 Å². The van der Waals surface area contributed by atoms with Crippen molar-refractivity contribution >= 4 is 0 Å². The van der Waals surface area contributed by atoms with Crippen molar-refractivity contribution in [2.24, 2.45) is 11.5 Å². The maximum absolute atomic E-state index is 8.60. The topological polar surface area (TPSA) is 92.5 Å². The van der Waals surface area contributed by atoms with Gasteiger partial charge in [-0.3, -0.25) is 0 Å². The van der Waals surface area contributed by atoms with Crippen LogP contribution < -0.4 is 11.5 Å². The zero-order valence-electron chi connectivity index (χ0n) is 6.67. The second-order valence-electron chi connectivity index (χ2n) is 2.22. The van der Waals surface area contributed by atoms with Gasteiger partial charge in [0.2, 0.25) is 0 Å². The third kappa shape index (κ3) is 24.9. The minimum Gasteiger partial charge on any atom is -0.395 e. The average molecular weight is 150 g/mol. The number of rotatable bonds is 2. The van der Waals surface area contributed by atoms with Crippen molar-refractivity contribution in [2.75, 3.05) is 13.2 Å². The molecule has 0 aromatic heterocycles. The van der Waals surface area contributed by atoms with Crippen molar-refractivity contribution in [1.82, 2.24) is 0 Å². The fourth-order valence-corrected chi connectivity index (χ4v) is 0. The Morgan fingerprint density at radius 3 is 1.70 bits per heavy atom. The van der Waals surface area contributed by atoms with E-state index in [0.29, 0.717) is 13.0 Å². The molecule has 0 amide bonds. The first-order valence-corrected chi connectivity index (χ1v) is 3.30. The fraction of sp³-hybridized carbons (Fsp3) is 1.00. The molecular weight excluding hydrogens is 132 g/mol. The molecule has 0 fully saturated rings. The van der Waals surface area contributed by atoms with Crippen LogP contribution in [0, 0.1) is 0 Å². The summed E-state index contributed by atoms with van der Waals surface area (Å²) in [5, 5.41) is 16.4. The van der Waals surface area contributed by atoms with Gasteiger partial charge < -0.3 is 21.7 Å². The molecule has 0 saturated carbocycles. The molecule has 0 saturated heterocycles. The Balaban J connectivity index is 0. The molecule has 0 heterocycles. The van der Waals surface area contributed by atoms with Crippen molar-refractivity contribution in [3.05, 3.63) is 0 Å². The quantitative estimate of drug-likeness (QED) is 0.380. The maximum Gasteiger partial charge on any atom is 0.110 e. The average Bonchev–Trinajstić information content (AvgIpc) is 1.87. The van der Waals surface area contributed by atoms with Crippen molar-refractivity contribution in [3.8, 4) is 0 Å². The number of hydrogen-bond donors (Lipinski definition) is 4. The largest absolute Gasteiger partial charge is 0.395 e. The Morgan fingerprint density at radius 1 is 1.50 bits per heavy atom. The lowest BCUT2D eigenvalue weighted by Gasteiger charge is -2.11. The smallest absolute Gasteiger partial charge is 0.110 e. The van der Waals surface area contributed by atoms with E-state index in [1.54, 1.807) is 6.92 Å². The first kappa shape index (κ1) is 12.5. The SMILES string of the molecule is CCC(C)(N)O.NCCO. The summed E-state index contributed by atoms with van der Waals surface area (Å²) in [6, 6.07) is 0.